The molecule has 1 aromatic rings. The Balaban J connectivity index is 2.83. The van der Waals surface area contributed by atoms with E-state index >= 15 is 0 Å². The Morgan fingerprint density at radius 2 is 2.25 bits per heavy atom. The van der Waals surface area contributed by atoms with Crippen molar-refractivity contribution in [3.63, 3.8) is 0 Å². The highest BCUT2D eigenvalue weighted by atomic mass is 14.0. The summed E-state index contributed by atoms with van der Waals surface area (Å²) in [5.41, 5.74) is 6.74. The van der Waals surface area contributed by atoms with E-state index in [1.54, 1.807) is 0 Å². The molecule has 0 spiro atoms. The molecule has 0 atom stereocenters. The topological polar surface area (TPSA) is 0 Å². The first-order valence-electron chi connectivity index (χ1n) is 4.13. The fourth-order valence-electron chi connectivity index (χ4n) is 1.19. The van der Waals surface area contributed by atoms with E-state index < -0.39 is 0 Å². The maximum absolute atomic E-state index is 3.62. The third kappa shape index (κ3) is 2.41. The minimum absolute atomic E-state index is 0.963. The van der Waals surface area contributed by atoms with Gasteiger partial charge in [0.1, 0.15) is 0 Å². The zero-order valence-electron chi connectivity index (χ0n) is 7.72. The lowest BCUT2D eigenvalue weighted by molar-refractivity contribution is 1.14. The van der Waals surface area contributed by atoms with Gasteiger partial charge < -0.3 is 0 Å². The lowest BCUT2D eigenvalue weighted by Gasteiger charge is -2.00. The van der Waals surface area contributed by atoms with E-state index in [2.05, 4.69) is 50.4 Å². The van der Waals surface area contributed by atoms with Crippen LogP contribution in [0, 0.1) is 6.92 Å². The van der Waals surface area contributed by atoms with Gasteiger partial charge in [0.2, 0.25) is 0 Å². The fraction of sp³-hybridized carbons (Fsp3) is 0.250. The van der Waals surface area contributed by atoms with Crippen LogP contribution in [0.2, 0.25) is 0 Å². The number of aryl methyl sites for hydroxylation is 1. The summed E-state index contributed by atoms with van der Waals surface area (Å²) in [6.45, 7) is 7.78. The number of allylic oxidation sites excluding steroid dienone is 1. The number of benzene rings is 1. The van der Waals surface area contributed by atoms with Crippen molar-refractivity contribution in [2.45, 2.75) is 20.3 Å². The average Bonchev–Trinajstić information content (AvgIpc) is 2.04. The van der Waals surface area contributed by atoms with E-state index in [1.807, 2.05) is 0 Å². The molecule has 0 fully saturated rings. The van der Waals surface area contributed by atoms with Gasteiger partial charge in [0.05, 0.1) is 0 Å². The summed E-state index contributed by atoms with van der Waals surface area (Å²) in [7, 11) is 0. The van der Waals surface area contributed by atoms with Gasteiger partial charge >= 0.3 is 0 Å². The Labute approximate surface area is 74.2 Å². The van der Waals surface area contributed by atoms with Crippen molar-refractivity contribution in [3.8, 4) is 0 Å². The van der Waals surface area contributed by atoms with Gasteiger partial charge in [-0.3, -0.25) is 0 Å². The maximum Gasteiger partial charge on any atom is 0.000622 e. The smallest absolute Gasteiger partial charge is 0.000622 e. The van der Waals surface area contributed by atoms with E-state index in [-0.39, 0.29) is 0 Å². The normalized spacial score (nSPS) is 9.17. The third-order valence-electron chi connectivity index (χ3n) is 1.85. The van der Waals surface area contributed by atoms with Gasteiger partial charge in [0.15, 0.2) is 0 Å². The highest BCUT2D eigenvalue weighted by molar-refractivity contribution is 5.25. The van der Waals surface area contributed by atoms with Crippen LogP contribution in [0.15, 0.2) is 42.1 Å². The van der Waals surface area contributed by atoms with Gasteiger partial charge in [-0.05, 0) is 25.0 Å². The van der Waals surface area contributed by atoms with Crippen molar-refractivity contribution in [1.29, 1.82) is 0 Å². The summed E-state index contributed by atoms with van der Waals surface area (Å²) in [4.78, 5) is 0. The van der Waals surface area contributed by atoms with Gasteiger partial charge in [0.25, 0.3) is 0 Å². The van der Waals surface area contributed by atoms with Crippen LogP contribution in [0.3, 0.4) is 0 Å². The monoisotopic (exact) mass is 158 g/mol. The van der Waals surface area contributed by atoms with Crippen LogP contribution in [0.4, 0.5) is 0 Å². The standard InChI is InChI=1S/C12H14/c1-4-10(2)8-12-7-5-6-11(3)9-12/h5-7,9H,1,8H2,2-3H3. The minimum atomic E-state index is 0.963. The number of hydrogen-bond donors (Lipinski definition) is 0. The van der Waals surface area contributed by atoms with Crippen molar-refractivity contribution in [2.75, 3.05) is 0 Å². The van der Waals surface area contributed by atoms with E-state index in [1.165, 1.54) is 16.7 Å². The molecule has 0 heterocycles. The Hall–Kier alpha value is -1.26. The van der Waals surface area contributed by atoms with Crippen molar-refractivity contribution < 1.29 is 0 Å². The molecule has 0 heteroatoms. The molecule has 0 aliphatic heterocycles. The van der Waals surface area contributed by atoms with Gasteiger partial charge in [-0.2, -0.15) is 0 Å². The summed E-state index contributed by atoms with van der Waals surface area (Å²) in [6.07, 6.45) is 0.963. The molecule has 1 rings (SSSR count). The second-order valence-electron chi connectivity index (χ2n) is 3.12. The zero-order chi connectivity index (χ0) is 8.97. The molecule has 0 aliphatic carbocycles. The second-order valence-corrected chi connectivity index (χ2v) is 3.12. The summed E-state index contributed by atoms with van der Waals surface area (Å²) >= 11 is 0. The van der Waals surface area contributed by atoms with Crippen LogP contribution in [0.1, 0.15) is 18.1 Å². The van der Waals surface area contributed by atoms with Gasteiger partial charge in [-0.15, -0.1) is 5.73 Å². The average molecular weight is 158 g/mol. The SMILES string of the molecule is C=C=C(C)Cc1cccc(C)c1. The lowest BCUT2D eigenvalue weighted by Crippen LogP contribution is -1.85. The zero-order valence-corrected chi connectivity index (χ0v) is 7.72. The molecular weight excluding hydrogens is 144 g/mol. The summed E-state index contributed by atoms with van der Waals surface area (Å²) in [5.74, 6) is 0. The van der Waals surface area contributed by atoms with Crippen molar-refractivity contribution in [2.24, 2.45) is 0 Å². The molecule has 0 N–H and O–H groups in total. The van der Waals surface area contributed by atoms with Crippen molar-refractivity contribution in [3.05, 3.63) is 53.3 Å². The molecule has 62 valence electrons. The third-order valence-corrected chi connectivity index (χ3v) is 1.85. The van der Waals surface area contributed by atoms with Crippen LogP contribution >= 0.6 is 0 Å². The maximum atomic E-state index is 3.62. The molecule has 0 unspecified atom stereocenters. The van der Waals surface area contributed by atoms with Crippen LogP contribution in [0.5, 0.6) is 0 Å². The predicted molar refractivity (Wildman–Crippen MR) is 53.2 cm³/mol. The summed E-state index contributed by atoms with van der Waals surface area (Å²) in [5, 5.41) is 0. The highest BCUT2D eigenvalue weighted by Crippen LogP contribution is 2.08. The van der Waals surface area contributed by atoms with Crippen LogP contribution in [-0.2, 0) is 6.42 Å². The van der Waals surface area contributed by atoms with Crippen LogP contribution in [0.25, 0.3) is 0 Å². The largest absolute Gasteiger partial charge is 0.130 e. The number of rotatable bonds is 2. The Kier molecular flexibility index (Phi) is 2.90. The molecule has 0 amide bonds. The molecule has 12 heavy (non-hydrogen) atoms. The molecule has 0 aromatic heterocycles. The first kappa shape index (κ1) is 8.83. The molecule has 0 radical (unpaired) electrons. The van der Waals surface area contributed by atoms with E-state index in [0.717, 1.165) is 6.42 Å². The summed E-state index contributed by atoms with van der Waals surface area (Å²) < 4.78 is 0. The summed E-state index contributed by atoms with van der Waals surface area (Å²) in [6, 6.07) is 8.52. The first-order chi connectivity index (χ1) is 5.72. The van der Waals surface area contributed by atoms with E-state index in [4.69, 9.17) is 0 Å². The van der Waals surface area contributed by atoms with E-state index in [9.17, 15) is 0 Å². The van der Waals surface area contributed by atoms with Crippen molar-refractivity contribution >= 4 is 0 Å². The predicted octanol–water partition coefficient (Wildman–Crippen LogP) is 3.27. The molecule has 0 saturated heterocycles. The fourth-order valence-corrected chi connectivity index (χ4v) is 1.19. The molecule has 0 aliphatic rings. The molecular formula is C12H14. The molecule has 1 aromatic carbocycles. The van der Waals surface area contributed by atoms with Crippen LogP contribution < -0.4 is 0 Å². The van der Waals surface area contributed by atoms with Crippen molar-refractivity contribution in [1.82, 2.24) is 0 Å². The van der Waals surface area contributed by atoms with Gasteiger partial charge in [0, 0.05) is 6.42 Å². The number of hydrogen-bond acceptors (Lipinski definition) is 0. The molecule has 0 saturated carbocycles. The first-order valence-corrected chi connectivity index (χ1v) is 4.13. The lowest BCUT2D eigenvalue weighted by atomic mass is 10.1. The highest BCUT2D eigenvalue weighted by Gasteiger charge is 1.93. The Morgan fingerprint density at radius 3 is 2.83 bits per heavy atom. The van der Waals surface area contributed by atoms with E-state index in [0.29, 0.717) is 0 Å². The Morgan fingerprint density at radius 1 is 1.50 bits per heavy atom. The van der Waals surface area contributed by atoms with Gasteiger partial charge in [-0.1, -0.05) is 36.4 Å². The van der Waals surface area contributed by atoms with Crippen LogP contribution in [-0.4, -0.2) is 0 Å². The second kappa shape index (κ2) is 3.94. The minimum Gasteiger partial charge on any atom is -0.130 e. The Bertz CT molecular complexity index is 315. The molecule has 0 bridgehead atoms. The van der Waals surface area contributed by atoms with Gasteiger partial charge in [-0.25, -0.2) is 0 Å². The quantitative estimate of drug-likeness (QED) is 0.579. The molecule has 0 nitrogen and oxygen atoms in total.